The van der Waals surface area contributed by atoms with E-state index in [4.69, 9.17) is 4.98 Å². The Morgan fingerprint density at radius 3 is 2.67 bits per heavy atom. The second kappa shape index (κ2) is 6.55. The standard InChI is InChI=1S/C16H20BrFN2S/c1-5-19-14(11-8-10(17)6-7-12(11)18)15-20-13(9-21-15)16(2,3)4/h6-9,14,19H,5H2,1-4H3. The van der Waals surface area contributed by atoms with Crippen LogP contribution in [0.3, 0.4) is 0 Å². The van der Waals surface area contributed by atoms with Gasteiger partial charge < -0.3 is 5.32 Å². The molecule has 0 fully saturated rings. The number of halogens is 2. The lowest BCUT2D eigenvalue weighted by Gasteiger charge is -2.18. The lowest BCUT2D eigenvalue weighted by atomic mass is 9.93. The summed E-state index contributed by atoms with van der Waals surface area (Å²) in [6.07, 6.45) is 0. The van der Waals surface area contributed by atoms with Gasteiger partial charge in [0.05, 0.1) is 11.7 Å². The van der Waals surface area contributed by atoms with Crippen molar-refractivity contribution in [1.82, 2.24) is 10.3 Å². The van der Waals surface area contributed by atoms with Crippen LogP contribution < -0.4 is 5.32 Å². The van der Waals surface area contributed by atoms with Gasteiger partial charge in [0, 0.05) is 20.8 Å². The van der Waals surface area contributed by atoms with Crippen LogP contribution in [0.4, 0.5) is 4.39 Å². The molecule has 21 heavy (non-hydrogen) atoms. The number of hydrogen-bond donors (Lipinski definition) is 1. The van der Waals surface area contributed by atoms with Crippen LogP contribution in [0.15, 0.2) is 28.1 Å². The van der Waals surface area contributed by atoms with Crippen LogP contribution in [0, 0.1) is 5.82 Å². The van der Waals surface area contributed by atoms with E-state index in [9.17, 15) is 4.39 Å². The normalized spacial score (nSPS) is 13.4. The van der Waals surface area contributed by atoms with Crippen molar-refractivity contribution in [3.63, 3.8) is 0 Å². The van der Waals surface area contributed by atoms with Crippen molar-refractivity contribution in [2.45, 2.75) is 39.2 Å². The molecule has 114 valence electrons. The van der Waals surface area contributed by atoms with Crippen LogP contribution in [-0.4, -0.2) is 11.5 Å². The SMILES string of the molecule is CCNC(c1nc(C(C)(C)C)cs1)c1cc(Br)ccc1F. The Hall–Kier alpha value is -0.780. The third-order valence-corrected chi connectivity index (χ3v) is 4.62. The second-order valence-electron chi connectivity index (χ2n) is 5.98. The fourth-order valence-electron chi connectivity index (χ4n) is 2.03. The van der Waals surface area contributed by atoms with Crippen LogP contribution in [-0.2, 0) is 5.41 Å². The van der Waals surface area contributed by atoms with Gasteiger partial charge in [0.25, 0.3) is 0 Å². The number of hydrogen-bond acceptors (Lipinski definition) is 3. The fourth-order valence-corrected chi connectivity index (χ4v) is 3.55. The van der Waals surface area contributed by atoms with Gasteiger partial charge >= 0.3 is 0 Å². The zero-order chi connectivity index (χ0) is 15.6. The topological polar surface area (TPSA) is 24.9 Å². The van der Waals surface area contributed by atoms with Crippen molar-refractivity contribution in [3.05, 3.63) is 50.1 Å². The first-order valence-electron chi connectivity index (χ1n) is 6.97. The van der Waals surface area contributed by atoms with E-state index < -0.39 is 0 Å². The molecule has 0 aliphatic rings. The monoisotopic (exact) mass is 370 g/mol. The first-order chi connectivity index (χ1) is 9.82. The summed E-state index contributed by atoms with van der Waals surface area (Å²) in [6.45, 7) is 9.16. The van der Waals surface area contributed by atoms with E-state index in [1.54, 1.807) is 17.4 Å². The highest BCUT2D eigenvalue weighted by Gasteiger charge is 2.24. The summed E-state index contributed by atoms with van der Waals surface area (Å²) in [7, 11) is 0. The van der Waals surface area contributed by atoms with Gasteiger partial charge in [-0.15, -0.1) is 11.3 Å². The molecule has 2 aromatic rings. The summed E-state index contributed by atoms with van der Waals surface area (Å²) in [4.78, 5) is 4.72. The highest BCUT2D eigenvalue weighted by atomic mass is 79.9. The summed E-state index contributed by atoms with van der Waals surface area (Å²) >= 11 is 4.99. The Morgan fingerprint density at radius 2 is 2.10 bits per heavy atom. The number of thiazole rings is 1. The largest absolute Gasteiger partial charge is 0.304 e. The van der Waals surface area contributed by atoms with Crippen LogP contribution >= 0.6 is 27.3 Å². The van der Waals surface area contributed by atoms with Gasteiger partial charge in [-0.05, 0) is 24.7 Å². The maximum absolute atomic E-state index is 14.2. The lowest BCUT2D eigenvalue weighted by molar-refractivity contribution is 0.544. The molecule has 1 atom stereocenters. The van der Waals surface area contributed by atoms with Crippen LogP contribution in [0.25, 0.3) is 0 Å². The summed E-state index contributed by atoms with van der Waals surface area (Å²) in [5.41, 5.74) is 1.67. The third-order valence-electron chi connectivity index (χ3n) is 3.21. The lowest BCUT2D eigenvalue weighted by Crippen LogP contribution is -2.23. The highest BCUT2D eigenvalue weighted by Crippen LogP contribution is 2.32. The quantitative estimate of drug-likeness (QED) is 0.814. The maximum Gasteiger partial charge on any atom is 0.128 e. The van der Waals surface area contributed by atoms with Crippen LogP contribution in [0.5, 0.6) is 0 Å². The molecule has 5 heteroatoms. The van der Waals surface area contributed by atoms with Crippen LogP contribution in [0.1, 0.15) is 50.0 Å². The molecule has 0 aliphatic carbocycles. The highest BCUT2D eigenvalue weighted by molar-refractivity contribution is 9.10. The zero-order valence-corrected chi connectivity index (χ0v) is 15.1. The molecule has 2 rings (SSSR count). The number of nitrogens with one attached hydrogen (secondary N) is 1. The predicted octanol–water partition coefficient (Wildman–Crippen LogP) is 5.04. The Labute approximate surface area is 137 Å². The first kappa shape index (κ1) is 16.6. The van der Waals surface area contributed by atoms with Gasteiger partial charge in [-0.1, -0.05) is 43.6 Å². The first-order valence-corrected chi connectivity index (χ1v) is 8.64. The van der Waals surface area contributed by atoms with Crippen molar-refractivity contribution in [3.8, 4) is 0 Å². The second-order valence-corrected chi connectivity index (χ2v) is 7.78. The summed E-state index contributed by atoms with van der Waals surface area (Å²) in [6, 6.07) is 4.81. The van der Waals surface area contributed by atoms with Gasteiger partial charge in [-0.2, -0.15) is 0 Å². The number of aromatic nitrogens is 1. The molecule has 0 amide bonds. The zero-order valence-electron chi connectivity index (χ0n) is 12.7. The maximum atomic E-state index is 14.2. The average molecular weight is 371 g/mol. The van der Waals surface area contributed by atoms with E-state index in [2.05, 4.69) is 47.4 Å². The molecule has 1 N–H and O–H groups in total. The molecule has 1 aromatic carbocycles. The molecule has 0 saturated carbocycles. The van der Waals surface area contributed by atoms with E-state index in [0.29, 0.717) is 5.56 Å². The molecule has 1 heterocycles. The Kier molecular flexibility index (Phi) is 5.17. The average Bonchev–Trinajstić information content (AvgIpc) is 2.88. The molecule has 0 saturated heterocycles. The fraction of sp³-hybridized carbons (Fsp3) is 0.438. The van der Waals surface area contributed by atoms with E-state index in [-0.39, 0.29) is 17.3 Å². The van der Waals surface area contributed by atoms with Gasteiger partial charge in [0.1, 0.15) is 10.8 Å². The smallest absolute Gasteiger partial charge is 0.128 e. The molecule has 0 aliphatic heterocycles. The van der Waals surface area contributed by atoms with Gasteiger partial charge in [0.2, 0.25) is 0 Å². The molecular formula is C16H20BrFN2S. The Morgan fingerprint density at radius 1 is 1.38 bits per heavy atom. The van der Waals surface area contributed by atoms with Crippen molar-refractivity contribution in [1.29, 1.82) is 0 Å². The Balaban J connectivity index is 2.44. The van der Waals surface area contributed by atoms with Crippen molar-refractivity contribution in [2.24, 2.45) is 0 Å². The molecule has 1 aromatic heterocycles. The van der Waals surface area contributed by atoms with Crippen molar-refractivity contribution >= 4 is 27.3 Å². The van der Waals surface area contributed by atoms with Gasteiger partial charge in [-0.3, -0.25) is 0 Å². The summed E-state index contributed by atoms with van der Waals surface area (Å²) in [5, 5.41) is 6.30. The molecule has 0 spiro atoms. The molecule has 2 nitrogen and oxygen atoms in total. The summed E-state index contributed by atoms with van der Waals surface area (Å²) in [5.74, 6) is -0.211. The number of benzene rings is 1. The molecule has 0 radical (unpaired) electrons. The number of nitrogens with zero attached hydrogens (tertiary/aromatic N) is 1. The summed E-state index contributed by atoms with van der Waals surface area (Å²) < 4.78 is 15.1. The minimum atomic E-state index is -0.214. The minimum Gasteiger partial charge on any atom is -0.304 e. The predicted molar refractivity (Wildman–Crippen MR) is 90.4 cm³/mol. The Bertz CT molecular complexity index is 619. The number of rotatable bonds is 4. The third kappa shape index (κ3) is 3.90. The molecule has 1 unspecified atom stereocenters. The van der Waals surface area contributed by atoms with Crippen molar-refractivity contribution < 1.29 is 4.39 Å². The van der Waals surface area contributed by atoms with E-state index in [0.717, 1.165) is 21.7 Å². The van der Waals surface area contributed by atoms with Gasteiger partial charge in [0.15, 0.2) is 0 Å². The van der Waals surface area contributed by atoms with Gasteiger partial charge in [-0.25, -0.2) is 9.37 Å². The van der Waals surface area contributed by atoms with Crippen molar-refractivity contribution in [2.75, 3.05) is 6.54 Å². The van der Waals surface area contributed by atoms with E-state index >= 15 is 0 Å². The minimum absolute atomic E-state index is 0.00132. The molecular weight excluding hydrogens is 351 g/mol. The van der Waals surface area contributed by atoms with Crippen LogP contribution in [0.2, 0.25) is 0 Å². The molecule has 0 bridgehead atoms. The van der Waals surface area contributed by atoms with E-state index in [1.807, 2.05) is 13.0 Å². The van der Waals surface area contributed by atoms with E-state index in [1.165, 1.54) is 6.07 Å².